The lowest BCUT2D eigenvalue weighted by Crippen LogP contribution is -2.06. The molecule has 19 heavy (non-hydrogen) atoms. The number of rotatable bonds is 5. The van der Waals surface area contributed by atoms with Gasteiger partial charge >= 0.3 is 0 Å². The average molecular weight is 282 g/mol. The molecule has 0 aliphatic rings. The summed E-state index contributed by atoms with van der Waals surface area (Å²) in [6, 6.07) is 2.48. The molecule has 0 aliphatic heterocycles. The topological polar surface area (TPSA) is 50.7 Å². The summed E-state index contributed by atoms with van der Waals surface area (Å²) in [5.74, 6) is -1.39. The number of pyridine rings is 1. The Bertz CT molecular complexity index is 551. The minimum atomic E-state index is -0.725. The van der Waals surface area contributed by atoms with Crippen molar-refractivity contribution in [2.24, 2.45) is 0 Å². The summed E-state index contributed by atoms with van der Waals surface area (Å²) >= 11 is 0.956. The van der Waals surface area contributed by atoms with E-state index in [-0.39, 0.29) is 10.8 Å². The van der Waals surface area contributed by atoms with E-state index in [4.69, 9.17) is 0 Å². The monoisotopic (exact) mass is 282 g/mol. The van der Waals surface area contributed by atoms with E-state index in [1.165, 1.54) is 0 Å². The van der Waals surface area contributed by atoms with Crippen LogP contribution in [0.5, 0.6) is 0 Å². The smallest absolute Gasteiger partial charge is 0.193 e. The van der Waals surface area contributed by atoms with Gasteiger partial charge in [-0.05, 0) is 24.2 Å². The molecular weight excluding hydrogens is 270 g/mol. The number of nitrogens with one attached hydrogen (secondary N) is 1. The standard InChI is InChI=1S/C12H12F2N4S/c1-2-4-15-10-8(13)7-9(14)11(18-10)19-12-16-5-3-6-17-12/h3,5-7H,2,4H2,1H3,(H,15,18). The Balaban J connectivity index is 2.24. The van der Waals surface area contributed by atoms with Crippen LogP contribution in [0.15, 0.2) is 34.7 Å². The summed E-state index contributed by atoms with van der Waals surface area (Å²) in [5, 5.41) is 3.22. The van der Waals surface area contributed by atoms with Crippen LogP contribution in [-0.2, 0) is 0 Å². The third-order valence-electron chi connectivity index (χ3n) is 2.17. The zero-order valence-electron chi connectivity index (χ0n) is 10.2. The van der Waals surface area contributed by atoms with E-state index in [2.05, 4.69) is 20.3 Å². The van der Waals surface area contributed by atoms with Gasteiger partial charge in [-0.2, -0.15) is 0 Å². The molecule has 4 nitrogen and oxygen atoms in total. The minimum absolute atomic E-state index is 0.0432. The van der Waals surface area contributed by atoms with E-state index in [0.717, 1.165) is 24.2 Å². The van der Waals surface area contributed by atoms with Gasteiger partial charge in [-0.15, -0.1) is 0 Å². The van der Waals surface area contributed by atoms with Gasteiger partial charge in [-0.1, -0.05) is 6.92 Å². The van der Waals surface area contributed by atoms with Crippen molar-refractivity contribution in [3.8, 4) is 0 Å². The fourth-order valence-electron chi connectivity index (χ4n) is 1.31. The van der Waals surface area contributed by atoms with E-state index >= 15 is 0 Å². The molecular formula is C12H12F2N4S. The highest BCUT2D eigenvalue weighted by atomic mass is 32.2. The second-order valence-corrected chi connectivity index (χ2v) is 4.62. The zero-order valence-corrected chi connectivity index (χ0v) is 11.0. The van der Waals surface area contributed by atoms with Gasteiger partial charge in [0, 0.05) is 25.0 Å². The van der Waals surface area contributed by atoms with Crippen molar-refractivity contribution in [3.05, 3.63) is 36.2 Å². The lowest BCUT2D eigenvalue weighted by molar-refractivity contribution is 0.550. The number of aromatic nitrogens is 3. The Morgan fingerprint density at radius 3 is 2.63 bits per heavy atom. The highest BCUT2D eigenvalue weighted by molar-refractivity contribution is 7.99. The molecule has 0 radical (unpaired) electrons. The molecule has 0 spiro atoms. The van der Waals surface area contributed by atoms with Crippen LogP contribution < -0.4 is 5.32 Å². The molecule has 0 amide bonds. The molecule has 0 saturated heterocycles. The van der Waals surface area contributed by atoms with Crippen LogP contribution in [0.2, 0.25) is 0 Å². The van der Waals surface area contributed by atoms with Gasteiger partial charge in [0.1, 0.15) is 5.03 Å². The van der Waals surface area contributed by atoms with E-state index in [1.54, 1.807) is 18.5 Å². The third-order valence-corrected chi connectivity index (χ3v) is 3.04. The minimum Gasteiger partial charge on any atom is -0.368 e. The third kappa shape index (κ3) is 3.60. The first-order valence-electron chi connectivity index (χ1n) is 5.75. The number of halogens is 2. The number of hydrogen-bond acceptors (Lipinski definition) is 5. The number of nitrogens with zero attached hydrogens (tertiary/aromatic N) is 3. The van der Waals surface area contributed by atoms with Crippen molar-refractivity contribution in [3.63, 3.8) is 0 Å². The van der Waals surface area contributed by atoms with E-state index < -0.39 is 11.6 Å². The molecule has 0 saturated carbocycles. The lowest BCUT2D eigenvalue weighted by Gasteiger charge is -2.08. The maximum absolute atomic E-state index is 13.6. The van der Waals surface area contributed by atoms with Gasteiger partial charge in [0.05, 0.1) is 0 Å². The first kappa shape index (κ1) is 13.7. The molecule has 2 aromatic rings. The Hall–Kier alpha value is -1.76. The van der Waals surface area contributed by atoms with Crippen molar-refractivity contribution in [2.45, 2.75) is 23.5 Å². The fourth-order valence-corrected chi connectivity index (χ4v) is 2.01. The second kappa shape index (κ2) is 6.42. The lowest BCUT2D eigenvalue weighted by atomic mass is 10.4. The van der Waals surface area contributed by atoms with Crippen LogP contribution in [0.25, 0.3) is 0 Å². The summed E-state index contributed by atoms with van der Waals surface area (Å²) in [4.78, 5) is 11.8. The van der Waals surface area contributed by atoms with Crippen molar-refractivity contribution >= 4 is 17.6 Å². The predicted molar refractivity (Wildman–Crippen MR) is 69.1 cm³/mol. The van der Waals surface area contributed by atoms with Crippen LogP contribution in [0.4, 0.5) is 14.6 Å². The van der Waals surface area contributed by atoms with Crippen molar-refractivity contribution < 1.29 is 8.78 Å². The Labute approximate surface area is 113 Å². The van der Waals surface area contributed by atoms with Gasteiger partial charge in [-0.25, -0.2) is 23.7 Å². The Morgan fingerprint density at radius 2 is 1.95 bits per heavy atom. The van der Waals surface area contributed by atoms with Crippen LogP contribution in [-0.4, -0.2) is 21.5 Å². The van der Waals surface area contributed by atoms with Crippen LogP contribution in [0.1, 0.15) is 13.3 Å². The second-order valence-electron chi connectivity index (χ2n) is 3.67. The van der Waals surface area contributed by atoms with Gasteiger partial charge in [0.15, 0.2) is 22.6 Å². The molecule has 100 valence electrons. The maximum Gasteiger partial charge on any atom is 0.193 e. The van der Waals surface area contributed by atoms with E-state index in [1.807, 2.05) is 6.92 Å². The quantitative estimate of drug-likeness (QED) is 0.854. The number of hydrogen-bond donors (Lipinski definition) is 1. The summed E-state index contributed by atoms with van der Waals surface area (Å²) in [6.45, 7) is 2.52. The molecule has 2 heterocycles. The fraction of sp³-hybridized carbons (Fsp3) is 0.250. The normalized spacial score (nSPS) is 10.5. The first-order chi connectivity index (χ1) is 9.20. The Morgan fingerprint density at radius 1 is 1.21 bits per heavy atom. The summed E-state index contributed by atoms with van der Waals surface area (Å²) in [7, 11) is 0. The molecule has 1 N–H and O–H groups in total. The molecule has 0 atom stereocenters. The zero-order chi connectivity index (χ0) is 13.7. The highest BCUT2D eigenvalue weighted by Gasteiger charge is 2.13. The molecule has 0 fully saturated rings. The molecule has 2 rings (SSSR count). The van der Waals surface area contributed by atoms with Crippen LogP contribution in [0, 0.1) is 11.6 Å². The first-order valence-corrected chi connectivity index (χ1v) is 6.57. The maximum atomic E-state index is 13.6. The summed E-state index contributed by atoms with van der Waals surface area (Å²) in [5.41, 5.74) is 0. The molecule has 7 heteroatoms. The highest BCUT2D eigenvalue weighted by Crippen LogP contribution is 2.27. The van der Waals surface area contributed by atoms with Crippen molar-refractivity contribution in [2.75, 3.05) is 11.9 Å². The van der Waals surface area contributed by atoms with E-state index in [0.29, 0.717) is 11.7 Å². The van der Waals surface area contributed by atoms with Gasteiger partial charge < -0.3 is 5.32 Å². The van der Waals surface area contributed by atoms with Crippen molar-refractivity contribution in [1.82, 2.24) is 15.0 Å². The van der Waals surface area contributed by atoms with Crippen molar-refractivity contribution in [1.29, 1.82) is 0 Å². The van der Waals surface area contributed by atoms with Gasteiger partial charge in [-0.3, -0.25) is 0 Å². The van der Waals surface area contributed by atoms with Crippen LogP contribution in [0.3, 0.4) is 0 Å². The molecule has 2 aromatic heterocycles. The Kier molecular flexibility index (Phi) is 4.62. The summed E-state index contributed by atoms with van der Waals surface area (Å²) < 4.78 is 27.1. The molecule has 0 aromatic carbocycles. The number of anilines is 1. The van der Waals surface area contributed by atoms with Crippen LogP contribution >= 0.6 is 11.8 Å². The largest absolute Gasteiger partial charge is 0.368 e. The molecule has 0 aliphatic carbocycles. The van der Waals surface area contributed by atoms with Gasteiger partial charge in [0.25, 0.3) is 0 Å². The van der Waals surface area contributed by atoms with E-state index in [9.17, 15) is 8.78 Å². The SMILES string of the molecule is CCCNc1nc(Sc2ncccn2)c(F)cc1F. The predicted octanol–water partition coefficient (Wildman–Crippen LogP) is 3.12. The molecule has 0 unspecified atom stereocenters. The molecule has 0 bridgehead atoms. The average Bonchev–Trinajstić information content (AvgIpc) is 2.42. The summed E-state index contributed by atoms with van der Waals surface area (Å²) in [6.07, 6.45) is 3.92. The van der Waals surface area contributed by atoms with Gasteiger partial charge in [0.2, 0.25) is 0 Å².